The lowest BCUT2D eigenvalue weighted by molar-refractivity contribution is -0.141. The third-order valence-electron chi connectivity index (χ3n) is 5.85. The Balaban J connectivity index is 1.42. The van der Waals surface area contributed by atoms with Crippen LogP contribution < -0.4 is 11.2 Å². The molecular weight excluding hydrogens is 346 g/mol. The fraction of sp³-hybridized carbons (Fsp3) is 0.550. The maximum atomic E-state index is 12.7. The number of hydrogen-bond acceptors (Lipinski definition) is 4. The predicted molar refractivity (Wildman–Crippen MR) is 102 cm³/mol. The molecule has 2 aromatic rings. The molecule has 1 aromatic heterocycles. The minimum Gasteiger partial charge on any atom is -0.378 e. The molecule has 1 aliphatic heterocycles. The summed E-state index contributed by atoms with van der Waals surface area (Å²) < 4.78 is 6.63. The van der Waals surface area contributed by atoms with Gasteiger partial charge in [0.05, 0.1) is 24.1 Å². The quantitative estimate of drug-likeness (QED) is 0.883. The molecule has 1 aromatic carbocycles. The fourth-order valence-electron chi connectivity index (χ4n) is 4.26. The molecule has 4 rings (SSSR count). The molecule has 1 amide bonds. The summed E-state index contributed by atoms with van der Waals surface area (Å²) in [4.78, 5) is 42.4. The first-order valence-electron chi connectivity index (χ1n) is 9.72. The van der Waals surface area contributed by atoms with E-state index in [0.717, 1.165) is 25.7 Å². The zero-order chi connectivity index (χ0) is 18.8. The number of H-pyrrole nitrogens is 1. The first kappa shape index (κ1) is 18.0. The summed E-state index contributed by atoms with van der Waals surface area (Å²) >= 11 is 0. The number of nitrogens with one attached hydrogen (secondary N) is 1. The average Bonchev–Trinajstić information content (AvgIpc) is 2.72. The molecule has 0 unspecified atom stereocenters. The number of fused-ring (bicyclic) bond motifs is 1. The zero-order valence-electron chi connectivity index (χ0n) is 15.4. The molecule has 0 spiro atoms. The Kier molecular flexibility index (Phi) is 5.11. The highest BCUT2D eigenvalue weighted by atomic mass is 16.5. The number of morpholine rings is 1. The lowest BCUT2D eigenvalue weighted by Crippen LogP contribution is -2.45. The van der Waals surface area contributed by atoms with Crippen molar-refractivity contribution in [3.8, 4) is 0 Å². The molecule has 1 aliphatic carbocycles. The number of carbonyl (C=O) groups excluding carboxylic acids is 1. The second-order valence-corrected chi connectivity index (χ2v) is 7.55. The summed E-state index contributed by atoms with van der Waals surface area (Å²) in [6, 6.07) is 7.08. The van der Waals surface area contributed by atoms with Gasteiger partial charge in [-0.05, 0) is 43.7 Å². The molecule has 0 atom stereocenters. The van der Waals surface area contributed by atoms with Gasteiger partial charge in [-0.15, -0.1) is 0 Å². The third-order valence-corrected chi connectivity index (χ3v) is 5.85. The summed E-state index contributed by atoms with van der Waals surface area (Å²) in [5.74, 6) is 0.544. The number of hydrogen-bond donors (Lipinski definition) is 1. The number of ether oxygens (including phenoxy) is 1. The molecule has 7 nitrogen and oxygen atoms in total. The molecule has 7 heteroatoms. The molecule has 0 radical (unpaired) electrons. The average molecular weight is 371 g/mol. The van der Waals surface area contributed by atoms with E-state index < -0.39 is 0 Å². The van der Waals surface area contributed by atoms with Crippen LogP contribution >= 0.6 is 0 Å². The van der Waals surface area contributed by atoms with E-state index in [1.54, 1.807) is 24.3 Å². The summed E-state index contributed by atoms with van der Waals surface area (Å²) in [5, 5.41) is 0.535. The van der Waals surface area contributed by atoms with E-state index >= 15 is 0 Å². The highest BCUT2D eigenvalue weighted by Crippen LogP contribution is 2.31. The molecule has 0 bridgehead atoms. The number of rotatable bonds is 3. The van der Waals surface area contributed by atoms with Gasteiger partial charge in [0.1, 0.15) is 0 Å². The first-order chi connectivity index (χ1) is 13.1. The third kappa shape index (κ3) is 3.69. The number of para-hydroxylation sites is 1. The van der Waals surface area contributed by atoms with Crippen molar-refractivity contribution in [3.05, 3.63) is 45.1 Å². The maximum absolute atomic E-state index is 12.7. The SMILES string of the molecule is O=C(C1CCC(Cn2c(=O)[nH]c3ccccc3c2=O)CC1)N1CCOCC1. The van der Waals surface area contributed by atoms with Crippen molar-refractivity contribution in [2.75, 3.05) is 26.3 Å². The van der Waals surface area contributed by atoms with Gasteiger partial charge in [0.15, 0.2) is 0 Å². The smallest absolute Gasteiger partial charge is 0.328 e. The number of carbonyl (C=O) groups is 1. The van der Waals surface area contributed by atoms with Crippen LogP contribution in [0.1, 0.15) is 25.7 Å². The highest BCUT2D eigenvalue weighted by molar-refractivity contribution is 5.79. The monoisotopic (exact) mass is 371 g/mol. The van der Waals surface area contributed by atoms with Crippen molar-refractivity contribution >= 4 is 16.8 Å². The Bertz CT molecular complexity index is 934. The molecule has 27 heavy (non-hydrogen) atoms. The van der Waals surface area contributed by atoms with Gasteiger partial charge in [0.2, 0.25) is 5.91 Å². The van der Waals surface area contributed by atoms with Crippen molar-refractivity contribution < 1.29 is 9.53 Å². The maximum Gasteiger partial charge on any atom is 0.328 e. The van der Waals surface area contributed by atoms with Crippen LogP contribution in [0.4, 0.5) is 0 Å². The minimum absolute atomic E-state index is 0.0611. The Morgan fingerprint density at radius 2 is 1.78 bits per heavy atom. The molecule has 1 N–H and O–H groups in total. The van der Waals surface area contributed by atoms with E-state index in [1.165, 1.54) is 4.57 Å². The van der Waals surface area contributed by atoms with Crippen molar-refractivity contribution in [1.29, 1.82) is 0 Å². The fourth-order valence-corrected chi connectivity index (χ4v) is 4.26. The lowest BCUT2D eigenvalue weighted by atomic mass is 9.81. The zero-order valence-corrected chi connectivity index (χ0v) is 15.4. The van der Waals surface area contributed by atoms with E-state index in [1.807, 2.05) is 4.90 Å². The van der Waals surface area contributed by atoms with Crippen molar-refractivity contribution in [3.63, 3.8) is 0 Å². The standard InChI is InChI=1S/C20H25N3O4/c24-18(22-9-11-27-12-10-22)15-7-5-14(6-8-15)13-23-19(25)16-3-1-2-4-17(16)21-20(23)26/h1-4,14-15H,5-13H2,(H,21,26). The number of nitrogens with zero attached hydrogens (tertiary/aromatic N) is 2. The van der Waals surface area contributed by atoms with Crippen LogP contribution in [0.25, 0.3) is 10.9 Å². The summed E-state index contributed by atoms with van der Waals surface area (Å²) in [6.45, 7) is 3.02. The van der Waals surface area contributed by atoms with E-state index in [0.29, 0.717) is 43.8 Å². The molecule has 1 saturated carbocycles. The number of benzene rings is 1. The number of aromatic nitrogens is 2. The largest absolute Gasteiger partial charge is 0.378 e. The van der Waals surface area contributed by atoms with Crippen LogP contribution in [-0.2, 0) is 16.1 Å². The van der Waals surface area contributed by atoms with Gasteiger partial charge >= 0.3 is 5.69 Å². The first-order valence-corrected chi connectivity index (χ1v) is 9.72. The van der Waals surface area contributed by atoms with Crippen LogP contribution in [0, 0.1) is 11.8 Å². The highest BCUT2D eigenvalue weighted by Gasteiger charge is 2.30. The van der Waals surface area contributed by atoms with Gasteiger partial charge in [-0.3, -0.25) is 14.2 Å². The lowest BCUT2D eigenvalue weighted by Gasteiger charge is -2.34. The molecule has 1 saturated heterocycles. The summed E-state index contributed by atoms with van der Waals surface area (Å²) in [7, 11) is 0. The second kappa shape index (κ2) is 7.68. The summed E-state index contributed by atoms with van der Waals surface area (Å²) in [6.07, 6.45) is 3.36. The van der Waals surface area contributed by atoms with E-state index in [-0.39, 0.29) is 29.0 Å². The van der Waals surface area contributed by atoms with Gasteiger partial charge in [-0.25, -0.2) is 4.79 Å². The van der Waals surface area contributed by atoms with Crippen molar-refractivity contribution in [2.45, 2.75) is 32.2 Å². The Morgan fingerprint density at radius 3 is 2.52 bits per heavy atom. The molecule has 2 fully saturated rings. The van der Waals surface area contributed by atoms with Gasteiger partial charge in [-0.1, -0.05) is 12.1 Å². The number of amides is 1. The van der Waals surface area contributed by atoms with Crippen LogP contribution in [-0.4, -0.2) is 46.7 Å². The topological polar surface area (TPSA) is 84.4 Å². The minimum atomic E-state index is -0.356. The van der Waals surface area contributed by atoms with Gasteiger partial charge in [0.25, 0.3) is 5.56 Å². The van der Waals surface area contributed by atoms with Gasteiger partial charge in [0, 0.05) is 25.6 Å². The Morgan fingerprint density at radius 1 is 1.07 bits per heavy atom. The molecule has 2 aliphatic rings. The normalized spacial score (nSPS) is 23.5. The van der Waals surface area contributed by atoms with E-state index in [4.69, 9.17) is 4.74 Å². The Labute approximate surface area is 156 Å². The van der Waals surface area contributed by atoms with E-state index in [2.05, 4.69) is 4.98 Å². The molecule has 2 heterocycles. The van der Waals surface area contributed by atoms with Crippen LogP contribution in [0.2, 0.25) is 0 Å². The Hall–Kier alpha value is -2.41. The van der Waals surface area contributed by atoms with Crippen molar-refractivity contribution in [1.82, 2.24) is 14.5 Å². The molecule has 144 valence electrons. The van der Waals surface area contributed by atoms with Crippen molar-refractivity contribution in [2.24, 2.45) is 11.8 Å². The van der Waals surface area contributed by atoms with Gasteiger partial charge < -0.3 is 14.6 Å². The van der Waals surface area contributed by atoms with Crippen LogP contribution in [0.3, 0.4) is 0 Å². The number of aromatic amines is 1. The van der Waals surface area contributed by atoms with Gasteiger partial charge in [-0.2, -0.15) is 0 Å². The molecular formula is C20H25N3O4. The predicted octanol–water partition coefficient (Wildman–Crippen LogP) is 1.35. The second-order valence-electron chi connectivity index (χ2n) is 7.55. The van der Waals surface area contributed by atoms with E-state index in [9.17, 15) is 14.4 Å². The van der Waals surface area contributed by atoms with Crippen LogP contribution in [0.15, 0.2) is 33.9 Å². The summed E-state index contributed by atoms with van der Waals surface area (Å²) in [5.41, 5.74) is -0.0188. The van der Waals surface area contributed by atoms with Crippen LogP contribution in [0.5, 0.6) is 0 Å².